The third-order valence-corrected chi connectivity index (χ3v) is 5.63. The zero-order chi connectivity index (χ0) is 24.4. The highest BCUT2D eigenvalue weighted by molar-refractivity contribution is 7.90. The summed E-state index contributed by atoms with van der Waals surface area (Å²) in [4.78, 5) is 27.1. The highest BCUT2D eigenvalue weighted by atomic mass is 32.2. The van der Waals surface area contributed by atoms with Crippen LogP contribution in [-0.4, -0.2) is 51.6 Å². The molecule has 0 atom stereocenters. The number of pyridine rings is 2. The van der Waals surface area contributed by atoms with Gasteiger partial charge in [0.25, 0.3) is 10.0 Å². The maximum absolute atomic E-state index is 13.0. The lowest BCUT2D eigenvalue weighted by Crippen LogP contribution is -2.14. The molecule has 170 valence electrons. The van der Waals surface area contributed by atoms with Crippen LogP contribution < -0.4 is 5.32 Å². The van der Waals surface area contributed by atoms with Crippen molar-refractivity contribution in [3.63, 3.8) is 0 Å². The number of rotatable bonds is 7. The predicted octanol–water partition coefficient (Wildman–Crippen LogP) is 1.48. The van der Waals surface area contributed by atoms with Crippen molar-refractivity contribution in [1.29, 1.82) is 5.26 Å². The Morgan fingerprint density at radius 3 is 2.39 bits per heavy atom. The third kappa shape index (κ3) is 6.57. The number of carboxylic acids is 2. The second-order valence-electron chi connectivity index (χ2n) is 6.27. The molecule has 0 aromatic carbocycles. The molecule has 0 spiro atoms. The molecule has 0 unspecified atom stereocenters. The van der Waals surface area contributed by atoms with Gasteiger partial charge in [0, 0.05) is 49.0 Å². The first-order chi connectivity index (χ1) is 15.7. The fourth-order valence-corrected chi connectivity index (χ4v) is 4.01. The summed E-state index contributed by atoms with van der Waals surface area (Å²) in [7, 11) is -2.08. The Morgan fingerprint density at radius 1 is 1.18 bits per heavy atom. The average molecular weight is 469 g/mol. The number of nitriles is 1. The smallest absolute Gasteiger partial charge is 0.328 e. The summed E-state index contributed by atoms with van der Waals surface area (Å²) in [5.74, 6) is -2.51. The monoisotopic (exact) mass is 469 g/mol. The molecule has 0 fully saturated rings. The van der Waals surface area contributed by atoms with Crippen LogP contribution in [0.3, 0.4) is 0 Å². The van der Waals surface area contributed by atoms with Crippen LogP contribution in [0.25, 0.3) is 11.3 Å². The van der Waals surface area contributed by atoms with E-state index in [1.807, 2.05) is 6.07 Å². The van der Waals surface area contributed by atoms with Crippen molar-refractivity contribution >= 4 is 22.0 Å². The van der Waals surface area contributed by atoms with Crippen molar-refractivity contribution in [3.05, 3.63) is 78.5 Å². The van der Waals surface area contributed by atoms with Gasteiger partial charge in [0.2, 0.25) is 0 Å². The van der Waals surface area contributed by atoms with Crippen LogP contribution in [0.2, 0.25) is 0 Å². The first-order valence-electron chi connectivity index (χ1n) is 9.21. The highest BCUT2D eigenvalue weighted by Gasteiger charge is 2.23. The molecule has 0 aliphatic heterocycles. The van der Waals surface area contributed by atoms with Crippen LogP contribution >= 0.6 is 0 Å². The van der Waals surface area contributed by atoms with E-state index in [0.29, 0.717) is 30.0 Å². The van der Waals surface area contributed by atoms with E-state index in [9.17, 15) is 23.3 Å². The first kappa shape index (κ1) is 24.9. The molecule has 0 amide bonds. The summed E-state index contributed by atoms with van der Waals surface area (Å²) >= 11 is 0. The summed E-state index contributed by atoms with van der Waals surface area (Å²) in [6, 6.07) is 10.1. The van der Waals surface area contributed by atoms with E-state index >= 15 is 0 Å². The maximum atomic E-state index is 13.0. The number of aromatic nitrogens is 3. The highest BCUT2D eigenvalue weighted by Crippen LogP contribution is 2.28. The zero-order valence-electron chi connectivity index (χ0n) is 17.3. The Kier molecular flexibility index (Phi) is 8.56. The van der Waals surface area contributed by atoms with E-state index in [1.54, 1.807) is 37.5 Å². The number of carbonyl (C=O) groups is 2. The molecule has 0 saturated heterocycles. The number of aliphatic carboxylic acids is 2. The molecule has 0 aliphatic rings. The third-order valence-electron chi connectivity index (χ3n) is 3.97. The number of hydrogen-bond acceptors (Lipinski definition) is 8. The molecule has 3 aromatic rings. The maximum Gasteiger partial charge on any atom is 0.328 e. The largest absolute Gasteiger partial charge is 0.478 e. The molecule has 0 saturated carbocycles. The molecule has 0 radical (unpaired) electrons. The van der Waals surface area contributed by atoms with E-state index < -0.39 is 22.0 Å². The van der Waals surface area contributed by atoms with Crippen LogP contribution in [0.1, 0.15) is 11.3 Å². The number of carboxylic acid groups (broad SMARTS) is 2. The van der Waals surface area contributed by atoms with Gasteiger partial charge < -0.3 is 15.5 Å². The summed E-state index contributed by atoms with van der Waals surface area (Å²) in [5.41, 5.74) is 1.79. The standard InChI is InChI=1S/C17H15N5O2S.C4H4O4/c1-19-10-13-8-17(15-5-3-7-21-16(15)9-18)22(12-13)25(23,24)14-4-2-6-20-11-14;5-3(6)1-2-4(7)8/h2-8,11-12,19H,10H2,1H3;1-2H,(H,5,6)(H,7,8). The molecule has 0 aliphatic carbocycles. The Morgan fingerprint density at radius 2 is 1.85 bits per heavy atom. The van der Waals surface area contributed by atoms with Gasteiger partial charge >= 0.3 is 11.9 Å². The van der Waals surface area contributed by atoms with Crippen molar-refractivity contribution in [1.82, 2.24) is 19.3 Å². The Balaban J connectivity index is 0.000000414. The SMILES string of the molecule is CNCc1cc(-c2cccnc2C#N)n(S(=O)(=O)c2cccnc2)c1.O=C(O)C=CC(=O)O. The minimum absolute atomic E-state index is 0.0743. The fourth-order valence-electron chi connectivity index (χ4n) is 2.65. The van der Waals surface area contributed by atoms with Crippen LogP contribution in [0, 0.1) is 11.3 Å². The quantitative estimate of drug-likeness (QED) is 0.430. The van der Waals surface area contributed by atoms with Crippen molar-refractivity contribution in [2.45, 2.75) is 11.4 Å². The van der Waals surface area contributed by atoms with Crippen LogP contribution in [0.5, 0.6) is 0 Å². The Hall–Kier alpha value is -4.34. The van der Waals surface area contributed by atoms with Gasteiger partial charge in [-0.2, -0.15) is 5.26 Å². The van der Waals surface area contributed by atoms with Gasteiger partial charge in [-0.05, 0) is 42.9 Å². The predicted molar refractivity (Wildman–Crippen MR) is 116 cm³/mol. The van der Waals surface area contributed by atoms with Crippen molar-refractivity contribution in [2.75, 3.05) is 7.05 Å². The molecule has 11 nitrogen and oxygen atoms in total. The van der Waals surface area contributed by atoms with Crippen LogP contribution in [0.4, 0.5) is 0 Å². The van der Waals surface area contributed by atoms with E-state index in [-0.39, 0.29) is 10.6 Å². The number of nitrogens with one attached hydrogen (secondary N) is 1. The van der Waals surface area contributed by atoms with Crippen molar-refractivity contribution in [3.8, 4) is 17.3 Å². The van der Waals surface area contributed by atoms with E-state index in [1.165, 1.54) is 28.6 Å². The average Bonchev–Trinajstić information content (AvgIpc) is 3.23. The van der Waals surface area contributed by atoms with Crippen molar-refractivity contribution in [2.24, 2.45) is 0 Å². The second-order valence-corrected chi connectivity index (χ2v) is 8.09. The summed E-state index contributed by atoms with van der Waals surface area (Å²) in [6.07, 6.45) is 6.97. The summed E-state index contributed by atoms with van der Waals surface area (Å²) < 4.78 is 27.3. The molecular formula is C21H19N5O6S. The van der Waals surface area contributed by atoms with Gasteiger partial charge in [-0.1, -0.05) is 0 Å². The molecule has 3 heterocycles. The van der Waals surface area contributed by atoms with Crippen LogP contribution in [0.15, 0.2) is 72.2 Å². The topological polar surface area (TPSA) is 175 Å². The van der Waals surface area contributed by atoms with Crippen molar-refractivity contribution < 1.29 is 28.2 Å². The lowest BCUT2D eigenvalue weighted by molar-refractivity contribution is -0.134. The first-order valence-corrected chi connectivity index (χ1v) is 10.7. The number of nitrogens with zero attached hydrogens (tertiary/aromatic N) is 4. The molecule has 3 N–H and O–H groups in total. The van der Waals surface area contributed by atoms with Gasteiger partial charge in [-0.3, -0.25) is 4.98 Å². The van der Waals surface area contributed by atoms with E-state index in [4.69, 9.17) is 10.2 Å². The van der Waals surface area contributed by atoms with Gasteiger partial charge in [0.1, 0.15) is 16.7 Å². The molecule has 12 heteroatoms. The summed E-state index contributed by atoms with van der Waals surface area (Å²) in [6.45, 7) is 0.491. The lowest BCUT2D eigenvalue weighted by atomic mass is 10.1. The second kappa shape index (κ2) is 11.3. The minimum Gasteiger partial charge on any atom is -0.478 e. The summed E-state index contributed by atoms with van der Waals surface area (Å²) in [5, 5.41) is 27.9. The van der Waals surface area contributed by atoms with E-state index in [0.717, 1.165) is 5.56 Å². The Bertz CT molecular complexity index is 1290. The van der Waals surface area contributed by atoms with Gasteiger partial charge in [0.05, 0.1) is 5.69 Å². The Labute approximate surface area is 189 Å². The van der Waals surface area contributed by atoms with Crippen LogP contribution in [-0.2, 0) is 26.2 Å². The van der Waals surface area contributed by atoms with Gasteiger partial charge in [0.15, 0.2) is 0 Å². The molecular weight excluding hydrogens is 450 g/mol. The zero-order valence-corrected chi connectivity index (χ0v) is 18.1. The molecule has 3 rings (SSSR count). The van der Waals surface area contributed by atoms with E-state index in [2.05, 4.69) is 15.3 Å². The normalized spacial score (nSPS) is 10.8. The fraction of sp³-hybridized carbons (Fsp3) is 0.0952. The molecule has 3 aromatic heterocycles. The van der Waals surface area contributed by atoms with Gasteiger partial charge in [-0.25, -0.2) is 27.0 Å². The lowest BCUT2D eigenvalue weighted by Gasteiger charge is -2.10. The molecule has 0 bridgehead atoms. The van der Waals surface area contributed by atoms with Gasteiger partial charge in [-0.15, -0.1) is 0 Å². The number of hydrogen-bond donors (Lipinski definition) is 3. The minimum atomic E-state index is -3.85. The molecule has 33 heavy (non-hydrogen) atoms.